The maximum Gasteiger partial charge on any atom is 0.264 e. The molecule has 0 aliphatic carbocycles. The number of hydrogen-bond acceptors (Lipinski definition) is 5. The molecule has 0 unspecified atom stereocenters. The number of hydrogen-bond donors (Lipinski definition) is 1. The Labute approximate surface area is 120 Å². The van der Waals surface area contributed by atoms with E-state index < -0.39 is 0 Å². The summed E-state index contributed by atoms with van der Waals surface area (Å²) in [5.41, 5.74) is 6.61. The Hall–Kier alpha value is -1.40. The second-order valence-corrected chi connectivity index (χ2v) is 4.93. The summed E-state index contributed by atoms with van der Waals surface area (Å²) in [5, 5.41) is 3.88. The Balaban J connectivity index is 2.05. The van der Waals surface area contributed by atoms with Crippen LogP contribution in [0.4, 0.5) is 0 Å². The number of nitrogens with two attached hydrogens (primary N) is 1. The molecular weight excluding hydrogens is 310 g/mol. The molecule has 6 heteroatoms. The highest BCUT2D eigenvalue weighted by atomic mass is 79.9. The molecule has 2 aromatic rings. The van der Waals surface area contributed by atoms with E-state index in [1.807, 2.05) is 18.2 Å². The normalized spacial score (nSPS) is 10.7. The molecule has 19 heavy (non-hydrogen) atoms. The molecular formula is C13H16BrN3O2. The zero-order valence-corrected chi connectivity index (χ0v) is 12.3. The molecule has 1 aromatic heterocycles. The fraction of sp³-hybridized carbons (Fsp3) is 0.385. The van der Waals surface area contributed by atoms with Gasteiger partial charge in [0.25, 0.3) is 5.89 Å². The summed E-state index contributed by atoms with van der Waals surface area (Å²) in [7, 11) is 0. The van der Waals surface area contributed by atoms with Crippen molar-refractivity contribution in [2.75, 3.05) is 0 Å². The van der Waals surface area contributed by atoms with E-state index in [9.17, 15) is 0 Å². The smallest absolute Gasteiger partial charge is 0.264 e. The van der Waals surface area contributed by atoms with Crippen molar-refractivity contribution in [3.63, 3.8) is 0 Å². The van der Waals surface area contributed by atoms with Crippen molar-refractivity contribution >= 4 is 15.9 Å². The van der Waals surface area contributed by atoms with Crippen LogP contribution in [0.3, 0.4) is 0 Å². The fourth-order valence-electron chi connectivity index (χ4n) is 1.68. The Kier molecular flexibility index (Phi) is 4.93. The molecule has 2 N–H and O–H groups in total. The average molecular weight is 326 g/mol. The van der Waals surface area contributed by atoms with E-state index in [1.165, 1.54) is 0 Å². The van der Waals surface area contributed by atoms with E-state index in [1.54, 1.807) is 0 Å². The van der Waals surface area contributed by atoms with E-state index >= 15 is 0 Å². The van der Waals surface area contributed by atoms with Gasteiger partial charge >= 0.3 is 0 Å². The van der Waals surface area contributed by atoms with Gasteiger partial charge in [-0.05, 0) is 28.4 Å². The minimum Gasteiger partial charge on any atom is -0.482 e. The summed E-state index contributed by atoms with van der Waals surface area (Å²) in [6, 6.07) is 5.76. The van der Waals surface area contributed by atoms with Crippen LogP contribution < -0.4 is 10.5 Å². The number of aryl methyl sites for hydroxylation is 1. The molecule has 0 saturated heterocycles. The van der Waals surface area contributed by atoms with Crippen LogP contribution in [0.15, 0.2) is 27.2 Å². The lowest BCUT2D eigenvalue weighted by Crippen LogP contribution is -2.03. The summed E-state index contributed by atoms with van der Waals surface area (Å²) in [6.45, 7) is 2.73. The van der Waals surface area contributed by atoms with Gasteiger partial charge in [-0.15, -0.1) is 0 Å². The molecule has 2 rings (SSSR count). The van der Waals surface area contributed by atoms with Crippen LogP contribution in [0.2, 0.25) is 0 Å². The zero-order chi connectivity index (χ0) is 13.7. The number of rotatable bonds is 6. The highest BCUT2D eigenvalue weighted by Crippen LogP contribution is 2.29. The molecule has 0 amide bonds. The molecule has 0 fully saturated rings. The summed E-state index contributed by atoms with van der Waals surface area (Å²) >= 11 is 3.44. The molecule has 0 saturated carbocycles. The Morgan fingerprint density at radius 2 is 2.26 bits per heavy atom. The number of nitrogens with zero attached hydrogens (tertiary/aromatic N) is 2. The van der Waals surface area contributed by atoms with Gasteiger partial charge in [0.2, 0.25) is 0 Å². The Bertz CT molecular complexity index is 542. The highest BCUT2D eigenvalue weighted by molar-refractivity contribution is 9.10. The van der Waals surface area contributed by atoms with Gasteiger partial charge in [-0.1, -0.05) is 24.2 Å². The van der Waals surface area contributed by atoms with E-state index in [2.05, 4.69) is 33.0 Å². The van der Waals surface area contributed by atoms with Crippen molar-refractivity contribution in [1.82, 2.24) is 10.1 Å². The SMILES string of the molecule is CCCc1noc(COc2c(Br)cccc2CN)n1. The maximum absolute atomic E-state index is 5.71. The van der Waals surface area contributed by atoms with Crippen molar-refractivity contribution in [3.05, 3.63) is 40.0 Å². The minimum atomic E-state index is 0.242. The number of benzene rings is 1. The zero-order valence-electron chi connectivity index (χ0n) is 10.7. The first-order chi connectivity index (χ1) is 9.24. The molecule has 0 aliphatic heterocycles. The van der Waals surface area contributed by atoms with Crippen molar-refractivity contribution in [2.45, 2.75) is 32.9 Å². The van der Waals surface area contributed by atoms with Crippen LogP contribution in [-0.2, 0) is 19.6 Å². The first-order valence-corrected chi connectivity index (χ1v) is 6.95. The van der Waals surface area contributed by atoms with Crippen LogP contribution in [0.25, 0.3) is 0 Å². The van der Waals surface area contributed by atoms with Gasteiger partial charge in [0.1, 0.15) is 5.75 Å². The van der Waals surface area contributed by atoms with Gasteiger partial charge in [-0.25, -0.2) is 0 Å². The minimum absolute atomic E-state index is 0.242. The maximum atomic E-state index is 5.71. The topological polar surface area (TPSA) is 74.2 Å². The summed E-state index contributed by atoms with van der Waals surface area (Å²) in [6.07, 6.45) is 1.80. The average Bonchev–Trinajstić information content (AvgIpc) is 2.85. The van der Waals surface area contributed by atoms with Crippen LogP contribution in [0.5, 0.6) is 5.75 Å². The van der Waals surface area contributed by atoms with Gasteiger partial charge in [-0.3, -0.25) is 0 Å². The van der Waals surface area contributed by atoms with E-state index in [0.717, 1.165) is 28.6 Å². The molecule has 0 bridgehead atoms. The van der Waals surface area contributed by atoms with Crippen molar-refractivity contribution in [2.24, 2.45) is 5.73 Å². The van der Waals surface area contributed by atoms with Gasteiger partial charge < -0.3 is 15.0 Å². The third kappa shape index (κ3) is 3.54. The van der Waals surface area contributed by atoms with E-state index in [4.69, 9.17) is 15.0 Å². The summed E-state index contributed by atoms with van der Waals surface area (Å²) in [5.74, 6) is 1.91. The van der Waals surface area contributed by atoms with Gasteiger partial charge in [0, 0.05) is 18.5 Å². The van der Waals surface area contributed by atoms with Gasteiger partial charge in [0.15, 0.2) is 12.4 Å². The molecule has 102 valence electrons. The molecule has 1 aromatic carbocycles. The van der Waals surface area contributed by atoms with Crippen LogP contribution in [0, 0.1) is 0 Å². The number of para-hydroxylation sites is 1. The standard InChI is InChI=1S/C13H16BrN3O2/c1-2-4-11-16-12(19-17-11)8-18-13-9(7-15)5-3-6-10(13)14/h3,5-6H,2,4,7-8,15H2,1H3. The molecule has 5 nitrogen and oxygen atoms in total. The fourth-order valence-corrected chi connectivity index (χ4v) is 2.21. The third-order valence-electron chi connectivity index (χ3n) is 2.59. The summed E-state index contributed by atoms with van der Waals surface area (Å²) < 4.78 is 11.7. The lowest BCUT2D eigenvalue weighted by Gasteiger charge is -2.10. The van der Waals surface area contributed by atoms with Gasteiger partial charge in [0.05, 0.1) is 4.47 Å². The van der Waals surface area contributed by atoms with Crippen LogP contribution in [-0.4, -0.2) is 10.1 Å². The van der Waals surface area contributed by atoms with Crippen molar-refractivity contribution in [3.8, 4) is 5.75 Å². The van der Waals surface area contributed by atoms with Crippen molar-refractivity contribution in [1.29, 1.82) is 0 Å². The number of halogens is 1. The second kappa shape index (κ2) is 6.68. The molecule has 0 radical (unpaired) electrons. The highest BCUT2D eigenvalue weighted by Gasteiger charge is 2.10. The Morgan fingerprint density at radius 1 is 1.42 bits per heavy atom. The summed E-state index contributed by atoms with van der Waals surface area (Å²) in [4.78, 5) is 4.25. The number of ether oxygens (including phenoxy) is 1. The van der Waals surface area contributed by atoms with Crippen LogP contribution in [0.1, 0.15) is 30.6 Å². The lowest BCUT2D eigenvalue weighted by molar-refractivity contribution is 0.239. The molecule has 0 spiro atoms. The first-order valence-electron chi connectivity index (χ1n) is 6.16. The predicted molar refractivity (Wildman–Crippen MR) is 74.7 cm³/mol. The van der Waals surface area contributed by atoms with Crippen molar-refractivity contribution < 1.29 is 9.26 Å². The third-order valence-corrected chi connectivity index (χ3v) is 3.22. The lowest BCUT2D eigenvalue weighted by atomic mass is 10.2. The second-order valence-electron chi connectivity index (χ2n) is 4.08. The monoisotopic (exact) mass is 325 g/mol. The molecule has 0 aliphatic rings. The number of aromatic nitrogens is 2. The quantitative estimate of drug-likeness (QED) is 0.883. The van der Waals surface area contributed by atoms with E-state index in [-0.39, 0.29) is 6.61 Å². The Morgan fingerprint density at radius 3 is 3.00 bits per heavy atom. The molecule has 0 atom stereocenters. The van der Waals surface area contributed by atoms with Gasteiger partial charge in [-0.2, -0.15) is 4.98 Å². The van der Waals surface area contributed by atoms with Crippen LogP contribution >= 0.6 is 15.9 Å². The predicted octanol–water partition coefficient (Wildman–Crippen LogP) is 2.82. The largest absolute Gasteiger partial charge is 0.482 e. The first kappa shape index (κ1) is 14.0. The molecule has 1 heterocycles. The van der Waals surface area contributed by atoms with E-state index in [0.29, 0.717) is 18.3 Å².